The van der Waals surface area contributed by atoms with Crippen LogP contribution in [-0.2, 0) is 12.8 Å². The molecule has 5 rings (SSSR count). The molecular formula is C46H60N2O4. The molecule has 0 spiro atoms. The van der Waals surface area contributed by atoms with Gasteiger partial charge in [0.25, 0.3) is 22.2 Å². The number of unbranched alkanes of at least 4 members (excludes halogenated alkanes) is 18. The number of benzene rings is 3. The van der Waals surface area contributed by atoms with E-state index in [2.05, 4.69) is 13.8 Å². The molecule has 3 aromatic carbocycles. The van der Waals surface area contributed by atoms with Crippen molar-refractivity contribution in [1.29, 1.82) is 0 Å². The van der Waals surface area contributed by atoms with Crippen LogP contribution < -0.4 is 22.2 Å². The van der Waals surface area contributed by atoms with E-state index in [1.165, 1.54) is 139 Å². The van der Waals surface area contributed by atoms with Crippen molar-refractivity contribution in [3.05, 3.63) is 113 Å². The van der Waals surface area contributed by atoms with Crippen LogP contribution in [0.1, 0.15) is 153 Å². The lowest BCUT2D eigenvalue weighted by atomic mass is 10.0. The van der Waals surface area contributed by atoms with Gasteiger partial charge < -0.3 is 0 Å². The molecule has 0 unspecified atom stereocenters. The highest BCUT2D eigenvalue weighted by molar-refractivity contribution is 5.98. The number of fused-ring (bicyclic) bond motifs is 2. The SMILES string of the molecule is CCCCCCCCCCCCc1ccc(-n2c(=O)c3cc4c(=O)n(-c5ccc(CCCCCCCCCCCC)cc5)c(=O)c4cc3c2=O)cc1. The molecule has 0 fully saturated rings. The van der Waals surface area contributed by atoms with Crippen molar-refractivity contribution in [2.24, 2.45) is 0 Å². The number of nitrogens with zero attached hydrogens (tertiary/aromatic N) is 2. The predicted molar refractivity (Wildman–Crippen MR) is 219 cm³/mol. The molecule has 6 nitrogen and oxygen atoms in total. The summed E-state index contributed by atoms with van der Waals surface area (Å²) in [5, 5.41) is 0.641. The average Bonchev–Trinajstić information content (AvgIpc) is 3.55. The molecule has 5 aromatic rings. The zero-order valence-electron chi connectivity index (χ0n) is 31.9. The Morgan fingerprint density at radius 1 is 0.346 bits per heavy atom. The first kappa shape index (κ1) is 39.2. The van der Waals surface area contributed by atoms with Crippen LogP contribution in [0.3, 0.4) is 0 Å². The van der Waals surface area contributed by atoms with Gasteiger partial charge >= 0.3 is 0 Å². The van der Waals surface area contributed by atoms with E-state index in [1.807, 2.05) is 48.5 Å². The van der Waals surface area contributed by atoms with Crippen molar-refractivity contribution < 1.29 is 0 Å². The fourth-order valence-electron chi connectivity index (χ4n) is 7.70. The molecule has 2 aromatic heterocycles. The average molecular weight is 705 g/mol. The first-order valence-corrected chi connectivity index (χ1v) is 20.6. The number of aromatic nitrogens is 2. The van der Waals surface area contributed by atoms with E-state index >= 15 is 0 Å². The quantitative estimate of drug-likeness (QED) is 0.0599. The second kappa shape index (κ2) is 20.3. The van der Waals surface area contributed by atoms with E-state index < -0.39 is 22.2 Å². The first-order valence-electron chi connectivity index (χ1n) is 20.6. The standard InChI is InChI=1S/C46H60N2O4/c1-3-5-7-9-11-13-15-17-19-21-23-35-25-29-37(30-26-35)47-43(49)39-33-41-42(34-40(39)44(47)50)46(52)48(45(41)51)38-31-27-36(28-32-38)24-22-20-18-16-14-12-10-8-6-4-2/h25-34H,3-24H2,1-2H3. The molecule has 0 saturated carbocycles. The van der Waals surface area contributed by atoms with Gasteiger partial charge in [-0.3, -0.25) is 19.2 Å². The summed E-state index contributed by atoms with van der Waals surface area (Å²) in [5.41, 5.74) is 1.47. The van der Waals surface area contributed by atoms with Crippen LogP contribution in [0.4, 0.5) is 0 Å². The maximum absolute atomic E-state index is 13.5. The second-order valence-electron chi connectivity index (χ2n) is 15.0. The van der Waals surface area contributed by atoms with Crippen molar-refractivity contribution in [3.63, 3.8) is 0 Å². The Hall–Kier alpha value is -4.06. The fraction of sp³-hybridized carbons (Fsp3) is 0.522. The summed E-state index contributed by atoms with van der Waals surface area (Å²) in [6.45, 7) is 4.50. The smallest absolute Gasteiger partial charge is 0.266 e. The lowest BCUT2D eigenvalue weighted by Gasteiger charge is -2.05. The molecule has 278 valence electrons. The van der Waals surface area contributed by atoms with Gasteiger partial charge in [0.05, 0.1) is 32.9 Å². The van der Waals surface area contributed by atoms with Gasteiger partial charge in [-0.25, -0.2) is 9.13 Å². The third kappa shape index (κ3) is 10.1. The molecule has 6 heteroatoms. The van der Waals surface area contributed by atoms with Crippen molar-refractivity contribution in [2.75, 3.05) is 0 Å². The topological polar surface area (TPSA) is 78.1 Å². The molecule has 0 N–H and O–H groups in total. The van der Waals surface area contributed by atoms with Crippen LogP contribution in [0.15, 0.2) is 79.8 Å². The molecule has 52 heavy (non-hydrogen) atoms. The minimum Gasteiger partial charge on any atom is -0.268 e. The fourth-order valence-corrected chi connectivity index (χ4v) is 7.70. The highest BCUT2D eigenvalue weighted by Gasteiger charge is 2.21. The highest BCUT2D eigenvalue weighted by atomic mass is 16.2. The largest absolute Gasteiger partial charge is 0.268 e. The van der Waals surface area contributed by atoms with Crippen LogP contribution >= 0.6 is 0 Å². The number of rotatable bonds is 24. The van der Waals surface area contributed by atoms with Gasteiger partial charge in [0, 0.05) is 0 Å². The Morgan fingerprint density at radius 2 is 0.596 bits per heavy atom. The summed E-state index contributed by atoms with van der Waals surface area (Å²) >= 11 is 0. The van der Waals surface area contributed by atoms with Gasteiger partial charge in [-0.1, -0.05) is 154 Å². The van der Waals surface area contributed by atoms with Crippen molar-refractivity contribution in [1.82, 2.24) is 9.13 Å². The van der Waals surface area contributed by atoms with Crippen LogP contribution in [-0.4, -0.2) is 9.13 Å². The van der Waals surface area contributed by atoms with E-state index in [9.17, 15) is 19.2 Å². The highest BCUT2D eigenvalue weighted by Crippen LogP contribution is 2.20. The minimum absolute atomic E-state index is 0.160. The summed E-state index contributed by atoms with van der Waals surface area (Å²) < 4.78 is 2.31. The Morgan fingerprint density at radius 3 is 0.865 bits per heavy atom. The number of hydrogen-bond acceptors (Lipinski definition) is 4. The lowest BCUT2D eigenvalue weighted by molar-refractivity contribution is 0.556. The van der Waals surface area contributed by atoms with E-state index in [1.54, 1.807) is 0 Å². The maximum atomic E-state index is 13.5. The number of hydrogen-bond donors (Lipinski definition) is 0. The Balaban J connectivity index is 1.18. The van der Waals surface area contributed by atoms with Crippen molar-refractivity contribution in [3.8, 4) is 11.4 Å². The van der Waals surface area contributed by atoms with Gasteiger partial charge in [0.1, 0.15) is 0 Å². The van der Waals surface area contributed by atoms with Gasteiger partial charge in [-0.2, -0.15) is 0 Å². The Labute approximate surface area is 309 Å². The van der Waals surface area contributed by atoms with E-state index in [0.29, 0.717) is 11.4 Å². The van der Waals surface area contributed by atoms with Gasteiger partial charge in [-0.05, 0) is 73.2 Å². The molecule has 0 amide bonds. The van der Waals surface area contributed by atoms with Crippen LogP contribution in [0.5, 0.6) is 0 Å². The van der Waals surface area contributed by atoms with Crippen molar-refractivity contribution >= 4 is 21.5 Å². The lowest BCUT2D eigenvalue weighted by Crippen LogP contribution is -2.24. The van der Waals surface area contributed by atoms with Gasteiger partial charge in [0.15, 0.2) is 0 Å². The normalized spacial score (nSPS) is 11.7. The third-order valence-electron chi connectivity index (χ3n) is 10.9. The zero-order chi connectivity index (χ0) is 36.7. The molecule has 0 atom stereocenters. The monoisotopic (exact) mass is 704 g/mol. The van der Waals surface area contributed by atoms with Crippen LogP contribution in [0, 0.1) is 0 Å². The molecule has 0 bridgehead atoms. The predicted octanol–water partition coefficient (Wildman–Crippen LogP) is 10.8. The summed E-state index contributed by atoms with van der Waals surface area (Å²) in [5.74, 6) is 0. The van der Waals surface area contributed by atoms with Crippen molar-refractivity contribution in [2.45, 2.75) is 155 Å². The Kier molecular flexibility index (Phi) is 15.2. The minimum atomic E-state index is -0.472. The Bertz CT molecular complexity index is 1820. The molecule has 0 aliphatic carbocycles. The summed E-state index contributed by atoms with van der Waals surface area (Å²) in [7, 11) is 0. The van der Waals surface area contributed by atoms with Gasteiger partial charge in [0.2, 0.25) is 0 Å². The molecular weight excluding hydrogens is 645 g/mol. The molecule has 2 heterocycles. The van der Waals surface area contributed by atoms with Gasteiger partial charge in [-0.15, -0.1) is 0 Å². The van der Waals surface area contributed by atoms with E-state index in [0.717, 1.165) is 34.8 Å². The van der Waals surface area contributed by atoms with Crippen LogP contribution in [0.25, 0.3) is 32.9 Å². The summed E-state index contributed by atoms with van der Waals surface area (Å²) in [4.78, 5) is 54.2. The molecule has 0 aliphatic rings. The first-order chi connectivity index (χ1) is 25.4. The molecule has 0 saturated heterocycles. The summed E-state index contributed by atoms with van der Waals surface area (Å²) in [6, 6.07) is 18.1. The van der Waals surface area contributed by atoms with E-state index in [4.69, 9.17) is 0 Å². The third-order valence-corrected chi connectivity index (χ3v) is 10.9. The molecule has 0 radical (unpaired) electrons. The number of aryl methyl sites for hydroxylation is 2. The summed E-state index contributed by atoms with van der Waals surface area (Å²) in [6.07, 6.45) is 27.8. The molecule has 0 aliphatic heterocycles. The van der Waals surface area contributed by atoms with Crippen LogP contribution in [0.2, 0.25) is 0 Å². The maximum Gasteiger partial charge on any atom is 0.266 e. The van der Waals surface area contributed by atoms with E-state index in [-0.39, 0.29) is 21.5 Å². The second-order valence-corrected chi connectivity index (χ2v) is 15.0. The zero-order valence-corrected chi connectivity index (χ0v) is 31.9.